The van der Waals surface area contributed by atoms with Gasteiger partial charge in [-0.3, -0.25) is 0 Å². The Morgan fingerprint density at radius 2 is 2.08 bits per heavy atom. The van der Waals surface area contributed by atoms with E-state index in [-0.39, 0.29) is 6.04 Å². The predicted molar refractivity (Wildman–Crippen MR) is 56.9 cm³/mol. The van der Waals surface area contributed by atoms with E-state index in [1.165, 1.54) is 6.42 Å². The minimum Gasteiger partial charge on any atom is -0.385 e. The van der Waals surface area contributed by atoms with Gasteiger partial charge in [0.2, 0.25) is 0 Å². The summed E-state index contributed by atoms with van der Waals surface area (Å²) in [7, 11) is 1.72. The van der Waals surface area contributed by atoms with Crippen molar-refractivity contribution in [3.63, 3.8) is 0 Å². The zero-order valence-electron chi connectivity index (χ0n) is 9.25. The van der Waals surface area contributed by atoms with Crippen LogP contribution in [0.5, 0.6) is 0 Å². The minimum absolute atomic E-state index is 0.256. The van der Waals surface area contributed by atoms with E-state index in [9.17, 15) is 0 Å². The van der Waals surface area contributed by atoms with Gasteiger partial charge < -0.3 is 15.4 Å². The summed E-state index contributed by atoms with van der Waals surface area (Å²) in [5.41, 5.74) is 5.94. The fourth-order valence-corrected chi connectivity index (χ4v) is 1.39. The predicted octanol–water partition coefficient (Wildman–Crippen LogP) is 1.08. The maximum Gasteiger partial charge on any atom is 0.0477 e. The fraction of sp³-hybridized carbons (Fsp3) is 1.00. The standard InChI is InChI=1S/C10H24N2O/c1-4-7-12(5-2)9-10(11)6-8-13-3/h10H,4-9,11H2,1-3H3. The van der Waals surface area contributed by atoms with Gasteiger partial charge in [-0.2, -0.15) is 0 Å². The van der Waals surface area contributed by atoms with Crippen molar-refractivity contribution in [3.8, 4) is 0 Å². The third-order valence-corrected chi connectivity index (χ3v) is 2.17. The van der Waals surface area contributed by atoms with E-state index < -0.39 is 0 Å². The van der Waals surface area contributed by atoms with Crippen molar-refractivity contribution in [1.29, 1.82) is 0 Å². The molecule has 0 fully saturated rings. The minimum atomic E-state index is 0.256. The van der Waals surface area contributed by atoms with Gasteiger partial charge in [-0.05, 0) is 25.9 Å². The molecular formula is C10H24N2O. The Morgan fingerprint density at radius 3 is 2.54 bits per heavy atom. The van der Waals surface area contributed by atoms with Crippen LogP contribution in [0.3, 0.4) is 0 Å². The molecule has 0 aromatic heterocycles. The molecule has 0 bridgehead atoms. The van der Waals surface area contributed by atoms with E-state index in [1.54, 1.807) is 7.11 Å². The molecule has 2 N–H and O–H groups in total. The summed E-state index contributed by atoms with van der Waals surface area (Å²) in [6, 6.07) is 0.256. The highest BCUT2D eigenvalue weighted by Crippen LogP contribution is 1.96. The van der Waals surface area contributed by atoms with Gasteiger partial charge in [-0.1, -0.05) is 13.8 Å². The summed E-state index contributed by atoms with van der Waals surface area (Å²) < 4.78 is 4.99. The Morgan fingerprint density at radius 1 is 1.38 bits per heavy atom. The van der Waals surface area contributed by atoms with Crippen LogP contribution >= 0.6 is 0 Å². The first-order valence-electron chi connectivity index (χ1n) is 5.21. The molecule has 80 valence electrons. The van der Waals surface area contributed by atoms with Crippen LogP contribution in [-0.4, -0.2) is 44.3 Å². The van der Waals surface area contributed by atoms with Crippen molar-refractivity contribution < 1.29 is 4.74 Å². The molecular weight excluding hydrogens is 164 g/mol. The second-order valence-electron chi connectivity index (χ2n) is 3.43. The average molecular weight is 188 g/mol. The second kappa shape index (κ2) is 8.48. The van der Waals surface area contributed by atoms with Crippen LogP contribution in [0.4, 0.5) is 0 Å². The molecule has 13 heavy (non-hydrogen) atoms. The van der Waals surface area contributed by atoms with Gasteiger partial charge in [0.05, 0.1) is 0 Å². The van der Waals surface area contributed by atoms with E-state index in [4.69, 9.17) is 10.5 Å². The highest BCUT2D eigenvalue weighted by atomic mass is 16.5. The first-order valence-corrected chi connectivity index (χ1v) is 5.21. The summed E-state index contributed by atoms with van der Waals surface area (Å²) in [6.45, 7) is 8.38. The van der Waals surface area contributed by atoms with Gasteiger partial charge in [-0.25, -0.2) is 0 Å². The quantitative estimate of drug-likeness (QED) is 0.619. The van der Waals surface area contributed by atoms with E-state index in [0.717, 1.165) is 32.7 Å². The molecule has 0 aliphatic carbocycles. The maximum atomic E-state index is 5.94. The molecule has 1 unspecified atom stereocenters. The third kappa shape index (κ3) is 6.99. The van der Waals surface area contributed by atoms with Gasteiger partial charge in [0, 0.05) is 26.3 Å². The van der Waals surface area contributed by atoms with Crippen LogP contribution in [-0.2, 0) is 4.74 Å². The van der Waals surface area contributed by atoms with Crippen molar-refractivity contribution in [2.75, 3.05) is 33.4 Å². The number of methoxy groups -OCH3 is 1. The molecule has 0 amide bonds. The van der Waals surface area contributed by atoms with Crippen molar-refractivity contribution >= 4 is 0 Å². The van der Waals surface area contributed by atoms with Crippen LogP contribution in [0, 0.1) is 0 Å². The number of rotatable bonds is 8. The summed E-state index contributed by atoms with van der Waals surface area (Å²) >= 11 is 0. The lowest BCUT2D eigenvalue weighted by Gasteiger charge is -2.23. The highest BCUT2D eigenvalue weighted by molar-refractivity contribution is 4.66. The first-order chi connectivity index (χ1) is 6.24. The summed E-state index contributed by atoms with van der Waals surface area (Å²) in [5.74, 6) is 0. The molecule has 1 atom stereocenters. The number of hydrogen-bond acceptors (Lipinski definition) is 3. The lowest BCUT2D eigenvalue weighted by molar-refractivity contribution is 0.176. The summed E-state index contributed by atoms with van der Waals surface area (Å²) in [5, 5.41) is 0. The van der Waals surface area contributed by atoms with Crippen molar-refractivity contribution in [2.24, 2.45) is 5.73 Å². The second-order valence-corrected chi connectivity index (χ2v) is 3.43. The Balaban J connectivity index is 3.53. The highest BCUT2D eigenvalue weighted by Gasteiger charge is 2.07. The number of likely N-dealkylation sites (N-methyl/N-ethyl adjacent to an activating group) is 1. The molecule has 0 aliphatic rings. The van der Waals surface area contributed by atoms with Crippen molar-refractivity contribution in [1.82, 2.24) is 4.90 Å². The normalized spacial score (nSPS) is 13.6. The van der Waals surface area contributed by atoms with Gasteiger partial charge in [0.1, 0.15) is 0 Å². The van der Waals surface area contributed by atoms with Crippen molar-refractivity contribution in [3.05, 3.63) is 0 Å². The lowest BCUT2D eigenvalue weighted by atomic mass is 10.2. The van der Waals surface area contributed by atoms with E-state index in [1.807, 2.05) is 0 Å². The number of nitrogens with two attached hydrogens (primary N) is 1. The number of nitrogens with zero attached hydrogens (tertiary/aromatic N) is 1. The molecule has 0 rings (SSSR count). The SMILES string of the molecule is CCCN(CC)CC(N)CCOC. The Bertz CT molecular complexity index is 109. The van der Waals surface area contributed by atoms with Crippen LogP contribution in [0.1, 0.15) is 26.7 Å². The van der Waals surface area contributed by atoms with Crippen molar-refractivity contribution in [2.45, 2.75) is 32.7 Å². The zero-order valence-corrected chi connectivity index (χ0v) is 9.25. The summed E-state index contributed by atoms with van der Waals surface area (Å²) in [4.78, 5) is 2.39. The maximum absolute atomic E-state index is 5.94. The topological polar surface area (TPSA) is 38.5 Å². The average Bonchev–Trinajstić information content (AvgIpc) is 2.14. The van der Waals surface area contributed by atoms with Crippen LogP contribution < -0.4 is 5.73 Å². The molecule has 0 aromatic rings. The van der Waals surface area contributed by atoms with Gasteiger partial charge in [0.15, 0.2) is 0 Å². The molecule has 3 nitrogen and oxygen atoms in total. The van der Waals surface area contributed by atoms with E-state index >= 15 is 0 Å². The van der Waals surface area contributed by atoms with Crippen LogP contribution in [0.15, 0.2) is 0 Å². The molecule has 3 heteroatoms. The monoisotopic (exact) mass is 188 g/mol. The fourth-order valence-electron chi connectivity index (χ4n) is 1.39. The van der Waals surface area contributed by atoms with Gasteiger partial charge >= 0.3 is 0 Å². The molecule has 0 saturated carbocycles. The number of hydrogen-bond donors (Lipinski definition) is 1. The van der Waals surface area contributed by atoms with E-state index in [2.05, 4.69) is 18.7 Å². The van der Waals surface area contributed by atoms with Gasteiger partial charge in [-0.15, -0.1) is 0 Å². The first kappa shape index (κ1) is 12.9. The Labute approximate surface area is 82.2 Å². The molecule has 0 radical (unpaired) electrons. The number of ether oxygens (including phenoxy) is 1. The van der Waals surface area contributed by atoms with Crippen LogP contribution in [0.2, 0.25) is 0 Å². The zero-order chi connectivity index (χ0) is 10.1. The summed E-state index contributed by atoms with van der Waals surface area (Å²) in [6.07, 6.45) is 2.15. The molecule has 0 aromatic carbocycles. The Hall–Kier alpha value is -0.120. The largest absolute Gasteiger partial charge is 0.385 e. The van der Waals surface area contributed by atoms with E-state index in [0.29, 0.717) is 0 Å². The molecule has 0 saturated heterocycles. The lowest BCUT2D eigenvalue weighted by Crippen LogP contribution is -2.38. The smallest absolute Gasteiger partial charge is 0.0477 e. The Kier molecular flexibility index (Phi) is 8.40. The molecule has 0 spiro atoms. The van der Waals surface area contributed by atoms with Crippen LogP contribution in [0.25, 0.3) is 0 Å². The van der Waals surface area contributed by atoms with Gasteiger partial charge in [0.25, 0.3) is 0 Å². The third-order valence-electron chi connectivity index (χ3n) is 2.17. The molecule has 0 heterocycles. The molecule has 0 aliphatic heterocycles.